The fourth-order valence-electron chi connectivity index (χ4n) is 1.86. The summed E-state index contributed by atoms with van der Waals surface area (Å²) in [5, 5.41) is 3.20. The van der Waals surface area contributed by atoms with E-state index in [1.165, 1.54) is 6.08 Å². The quantitative estimate of drug-likeness (QED) is 0.581. The molecule has 0 aliphatic carbocycles. The number of aryl methyl sites for hydroxylation is 1. The first-order valence-electron chi connectivity index (χ1n) is 7.11. The third-order valence-corrected chi connectivity index (χ3v) is 4.05. The Kier molecular flexibility index (Phi) is 6.58. The van der Waals surface area contributed by atoms with E-state index in [-0.39, 0.29) is 6.61 Å². The van der Waals surface area contributed by atoms with Gasteiger partial charge in [0.1, 0.15) is 0 Å². The van der Waals surface area contributed by atoms with Crippen LogP contribution < -0.4 is 5.32 Å². The molecule has 0 aliphatic heterocycles. The summed E-state index contributed by atoms with van der Waals surface area (Å²) in [5.74, 6) is -1.04. The Bertz CT molecular complexity index is 790. The molecule has 1 N–H and O–H groups in total. The molecule has 0 fully saturated rings. The van der Waals surface area contributed by atoms with Crippen molar-refractivity contribution in [3.63, 3.8) is 0 Å². The number of esters is 1. The molecule has 24 heavy (non-hydrogen) atoms. The monoisotopic (exact) mass is 407 g/mol. The van der Waals surface area contributed by atoms with E-state index in [1.54, 1.807) is 30.3 Å². The van der Waals surface area contributed by atoms with Crippen LogP contribution in [0.3, 0.4) is 0 Å². The molecule has 0 heterocycles. The largest absolute Gasteiger partial charge is 0.452 e. The van der Waals surface area contributed by atoms with Gasteiger partial charge in [0.15, 0.2) is 6.61 Å². The van der Waals surface area contributed by atoms with Gasteiger partial charge in [0.05, 0.1) is 5.69 Å². The number of ether oxygens (including phenoxy) is 1. The van der Waals surface area contributed by atoms with Gasteiger partial charge in [-0.1, -0.05) is 35.9 Å². The van der Waals surface area contributed by atoms with Crippen molar-refractivity contribution in [1.82, 2.24) is 0 Å². The van der Waals surface area contributed by atoms with Crippen molar-refractivity contribution in [2.75, 3.05) is 11.9 Å². The molecule has 0 unspecified atom stereocenters. The first kappa shape index (κ1) is 18.2. The molecule has 0 spiro atoms. The van der Waals surface area contributed by atoms with Crippen molar-refractivity contribution in [2.45, 2.75) is 6.92 Å². The first-order chi connectivity index (χ1) is 11.5. The van der Waals surface area contributed by atoms with Crippen LogP contribution in [0.5, 0.6) is 0 Å². The molecule has 0 bridgehead atoms. The van der Waals surface area contributed by atoms with Gasteiger partial charge in [-0.15, -0.1) is 0 Å². The molecule has 124 valence electrons. The lowest BCUT2D eigenvalue weighted by Gasteiger charge is -2.08. The molecule has 1 amide bonds. The Labute approximate surface area is 153 Å². The highest BCUT2D eigenvalue weighted by Crippen LogP contribution is 2.23. The van der Waals surface area contributed by atoms with Gasteiger partial charge in [-0.05, 0) is 58.3 Å². The Morgan fingerprint density at radius 2 is 2.00 bits per heavy atom. The van der Waals surface area contributed by atoms with Crippen LogP contribution in [0, 0.1) is 6.92 Å². The van der Waals surface area contributed by atoms with Gasteiger partial charge < -0.3 is 10.1 Å². The number of rotatable bonds is 5. The SMILES string of the molecule is Cc1ccc(NC(=O)COC(=O)/C=C/c2ccccc2Cl)c(Br)c1. The number of hydrogen-bond donors (Lipinski definition) is 1. The van der Waals surface area contributed by atoms with E-state index >= 15 is 0 Å². The molecule has 2 aromatic rings. The van der Waals surface area contributed by atoms with Gasteiger partial charge >= 0.3 is 5.97 Å². The normalized spacial score (nSPS) is 10.6. The predicted octanol–water partition coefficient (Wildman–Crippen LogP) is 4.61. The van der Waals surface area contributed by atoms with Gasteiger partial charge in [-0.25, -0.2) is 4.79 Å². The van der Waals surface area contributed by atoms with Gasteiger partial charge in [0.25, 0.3) is 5.91 Å². The molecule has 2 rings (SSSR count). The zero-order valence-corrected chi connectivity index (χ0v) is 15.2. The minimum absolute atomic E-state index is 0.369. The number of nitrogens with one attached hydrogen (secondary N) is 1. The topological polar surface area (TPSA) is 55.4 Å². The van der Waals surface area contributed by atoms with Crippen LogP contribution in [0.4, 0.5) is 5.69 Å². The van der Waals surface area contributed by atoms with Gasteiger partial charge in [0, 0.05) is 15.6 Å². The average molecular weight is 409 g/mol. The second-order valence-corrected chi connectivity index (χ2v) is 6.26. The molecule has 0 aliphatic rings. The van der Waals surface area contributed by atoms with Crippen LogP contribution in [-0.2, 0) is 14.3 Å². The van der Waals surface area contributed by atoms with E-state index in [0.717, 1.165) is 10.0 Å². The fourth-order valence-corrected chi connectivity index (χ4v) is 2.65. The lowest BCUT2D eigenvalue weighted by atomic mass is 10.2. The van der Waals surface area contributed by atoms with Crippen LogP contribution in [-0.4, -0.2) is 18.5 Å². The number of anilines is 1. The Morgan fingerprint density at radius 3 is 2.71 bits per heavy atom. The maximum absolute atomic E-state index is 11.8. The average Bonchev–Trinajstić information content (AvgIpc) is 2.55. The highest BCUT2D eigenvalue weighted by atomic mass is 79.9. The van der Waals surface area contributed by atoms with Crippen molar-refractivity contribution in [2.24, 2.45) is 0 Å². The van der Waals surface area contributed by atoms with E-state index in [2.05, 4.69) is 21.2 Å². The lowest BCUT2D eigenvalue weighted by molar-refractivity contribution is -0.142. The number of carbonyl (C=O) groups excluding carboxylic acids is 2. The fraction of sp³-hybridized carbons (Fsp3) is 0.111. The van der Waals surface area contributed by atoms with Gasteiger partial charge in [0.2, 0.25) is 0 Å². The van der Waals surface area contributed by atoms with Gasteiger partial charge in [-0.2, -0.15) is 0 Å². The number of amides is 1. The van der Waals surface area contributed by atoms with E-state index in [0.29, 0.717) is 16.3 Å². The maximum Gasteiger partial charge on any atom is 0.331 e. The van der Waals surface area contributed by atoms with Crippen LogP contribution >= 0.6 is 27.5 Å². The maximum atomic E-state index is 11.8. The van der Waals surface area contributed by atoms with Crippen molar-refractivity contribution >= 4 is 51.2 Å². The third-order valence-electron chi connectivity index (χ3n) is 3.05. The number of halogens is 2. The number of hydrogen-bond acceptors (Lipinski definition) is 3. The minimum atomic E-state index is -0.618. The summed E-state index contributed by atoms with van der Waals surface area (Å²) < 4.78 is 5.67. The van der Waals surface area contributed by atoms with Crippen molar-refractivity contribution in [3.8, 4) is 0 Å². The second kappa shape index (κ2) is 8.66. The van der Waals surface area contributed by atoms with E-state index in [4.69, 9.17) is 16.3 Å². The Morgan fingerprint density at radius 1 is 1.25 bits per heavy atom. The number of benzene rings is 2. The van der Waals surface area contributed by atoms with Crippen LogP contribution in [0.2, 0.25) is 5.02 Å². The molecule has 0 saturated carbocycles. The molecular formula is C18H15BrClNO3. The molecule has 0 atom stereocenters. The van der Waals surface area contributed by atoms with Crippen LogP contribution in [0.1, 0.15) is 11.1 Å². The zero-order chi connectivity index (χ0) is 17.5. The van der Waals surface area contributed by atoms with E-state index in [1.807, 2.05) is 25.1 Å². The standard InChI is InChI=1S/C18H15BrClNO3/c1-12-6-8-16(14(19)10-12)21-17(22)11-24-18(23)9-7-13-4-2-3-5-15(13)20/h2-10H,11H2,1H3,(H,21,22)/b9-7+. The van der Waals surface area contributed by atoms with Gasteiger partial charge in [-0.3, -0.25) is 4.79 Å². The molecule has 0 saturated heterocycles. The zero-order valence-electron chi connectivity index (χ0n) is 12.9. The summed E-state index contributed by atoms with van der Waals surface area (Å²) in [5.41, 5.74) is 2.38. The Hall–Kier alpha value is -2.11. The summed E-state index contributed by atoms with van der Waals surface area (Å²) >= 11 is 9.35. The number of carbonyl (C=O) groups is 2. The third kappa shape index (κ3) is 5.51. The highest BCUT2D eigenvalue weighted by molar-refractivity contribution is 9.10. The molecule has 2 aromatic carbocycles. The van der Waals surface area contributed by atoms with Crippen molar-refractivity contribution in [1.29, 1.82) is 0 Å². The van der Waals surface area contributed by atoms with E-state index < -0.39 is 11.9 Å². The van der Waals surface area contributed by atoms with Crippen molar-refractivity contribution in [3.05, 3.63) is 69.2 Å². The minimum Gasteiger partial charge on any atom is -0.452 e. The molecular weight excluding hydrogens is 394 g/mol. The molecule has 0 radical (unpaired) electrons. The summed E-state index contributed by atoms with van der Waals surface area (Å²) in [7, 11) is 0. The van der Waals surface area contributed by atoms with Crippen LogP contribution in [0.25, 0.3) is 6.08 Å². The summed E-state index contributed by atoms with van der Waals surface area (Å²) in [4.78, 5) is 23.5. The predicted molar refractivity (Wildman–Crippen MR) is 99.0 cm³/mol. The molecule has 6 heteroatoms. The Balaban J connectivity index is 1.85. The molecule has 4 nitrogen and oxygen atoms in total. The van der Waals surface area contributed by atoms with Crippen LogP contribution in [0.15, 0.2) is 53.0 Å². The first-order valence-corrected chi connectivity index (χ1v) is 8.28. The summed E-state index contributed by atoms with van der Waals surface area (Å²) in [6.07, 6.45) is 2.77. The second-order valence-electron chi connectivity index (χ2n) is 4.99. The molecule has 0 aromatic heterocycles. The smallest absolute Gasteiger partial charge is 0.331 e. The van der Waals surface area contributed by atoms with E-state index in [9.17, 15) is 9.59 Å². The summed E-state index contributed by atoms with van der Waals surface area (Å²) in [6, 6.07) is 12.6. The van der Waals surface area contributed by atoms with Crippen molar-refractivity contribution < 1.29 is 14.3 Å². The highest BCUT2D eigenvalue weighted by Gasteiger charge is 2.08. The lowest BCUT2D eigenvalue weighted by Crippen LogP contribution is -2.20. The summed E-state index contributed by atoms with van der Waals surface area (Å²) in [6.45, 7) is 1.58.